The fraction of sp³-hybridized carbons (Fsp3) is 0.176. The van der Waals surface area contributed by atoms with Crippen LogP contribution in [0.5, 0.6) is 0 Å². The van der Waals surface area contributed by atoms with E-state index in [-0.39, 0.29) is 12.3 Å². The first-order valence-electron chi connectivity index (χ1n) is 7.13. The molecule has 0 saturated heterocycles. The van der Waals surface area contributed by atoms with Crippen LogP contribution in [0.2, 0.25) is 0 Å². The van der Waals surface area contributed by atoms with Crippen molar-refractivity contribution in [1.82, 2.24) is 10.3 Å². The minimum Gasteiger partial charge on any atom is -0.467 e. The molecule has 5 nitrogen and oxygen atoms in total. The van der Waals surface area contributed by atoms with Gasteiger partial charge in [-0.15, -0.1) is 0 Å². The summed E-state index contributed by atoms with van der Waals surface area (Å²) in [5.74, 6) is 1.74. The second-order valence-electron chi connectivity index (χ2n) is 5.07. The number of benzene rings is 1. The highest BCUT2D eigenvalue weighted by Gasteiger charge is 2.15. The van der Waals surface area contributed by atoms with Crippen molar-refractivity contribution in [3.8, 4) is 11.5 Å². The number of carbonyl (C=O) groups is 1. The molecule has 0 spiro atoms. The van der Waals surface area contributed by atoms with E-state index < -0.39 is 0 Å². The van der Waals surface area contributed by atoms with Gasteiger partial charge in [0.25, 0.3) is 0 Å². The molecule has 0 aliphatic rings. The minimum atomic E-state index is -0.126. The van der Waals surface area contributed by atoms with E-state index in [4.69, 9.17) is 8.83 Å². The molecule has 1 N–H and O–H groups in total. The van der Waals surface area contributed by atoms with Crippen LogP contribution in [0, 0.1) is 6.92 Å². The Labute approximate surface area is 141 Å². The van der Waals surface area contributed by atoms with Crippen LogP contribution in [0.25, 0.3) is 11.5 Å². The van der Waals surface area contributed by atoms with Gasteiger partial charge in [0.05, 0.1) is 24.9 Å². The summed E-state index contributed by atoms with van der Waals surface area (Å²) in [5, 5.41) is 2.80. The second-order valence-corrected chi connectivity index (χ2v) is 5.98. The molecule has 3 aromatic rings. The third-order valence-electron chi connectivity index (χ3n) is 3.33. The summed E-state index contributed by atoms with van der Waals surface area (Å²) < 4.78 is 11.8. The molecule has 0 fully saturated rings. The fourth-order valence-electron chi connectivity index (χ4n) is 2.15. The number of aromatic nitrogens is 1. The van der Waals surface area contributed by atoms with Crippen molar-refractivity contribution in [3.63, 3.8) is 0 Å². The van der Waals surface area contributed by atoms with Crippen LogP contribution >= 0.6 is 15.9 Å². The first-order valence-corrected chi connectivity index (χ1v) is 7.92. The van der Waals surface area contributed by atoms with Crippen LogP contribution in [0.1, 0.15) is 17.2 Å². The van der Waals surface area contributed by atoms with Gasteiger partial charge < -0.3 is 14.2 Å². The van der Waals surface area contributed by atoms with E-state index in [0.717, 1.165) is 10.0 Å². The smallest absolute Gasteiger partial charge is 0.226 e. The van der Waals surface area contributed by atoms with E-state index >= 15 is 0 Å². The molecule has 0 bridgehead atoms. The molecule has 1 aromatic carbocycles. The van der Waals surface area contributed by atoms with Crippen molar-refractivity contribution < 1.29 is 13.6 Å². The molecule has 0 unspecified atom stereocenters. The Morgan fingerprint density at radius 1 is 1.30 bits per heavy atom. The van der Waals surface area contributed by atoms with Gasteiger partial charge in [-0.25, -0.2) is 4.98 Å². The highest BCUT2D eigenvalue weighted by molar-refractivity contribution is 9.10. The number of nitrogens with one attached hydrogen (secondary N) is 1. The highest BCUT2D eigenvalue weighted by Crippen LogP contribution is 2.24. The Hall–Kier alpha value is -2.34. The van der Waals surface area contributed by atoms with E-state index in [1.807, 2.05) is 37.3 Å². The maximum absolute atomic E-state index is 12.0. The fourth-order valence-corrected chi connectivity index (χ4v) is 2.55. The molecule has 6 heteroatoms. The van der Waals surface area contributed by atoms with Crippen LogP contribution in [-0.4, -0.2) is 10.9 Å². The summed E-state index contributed by atoms with van der Waals surface area (Å²) in [4.78, 5) is 16.5. The number of oxazole rings is 1. The van der Waals surface area contributed by atoms with E-state index in [9.17, 15) is 4.79 Å². The monoisotopic (exact) mass is 374 g/mol. The molecule has 0 radical (unpaired) electrons. The Bertz CT molecular complexity index is 809. The third kappa shape index (κ3) is 3.90. The number of halogens is 1. The molecular weight excluding hydrogens is 360 g/mol. The van der Waals surface area contributed by atoms with E-state index in [1.165, 1.54) is 0 Å². The van der Waals surface area contributed by atoms with Crippen LogP contribution in [0.15, 0.2) is 56.0 Å². The molecule has 23 heavy (non-hydrogen) atoms. The molecule has 2 heterocycles. The number of rotatable bonds is 5. The van der Waals surface area contributed by atoms with Crippen molar-refractivity contribution in [1.29, 1.82) is 0 Å². The zero-order valence-corrected chi connectivity index (χ0v) is 14.1. The first-order chi connectivity index (χ1) is 11.1. The number of carbonyl (C=O) groups excluding carboxylic acids is 1. The Balaban J connectivity index is 1.67. The van der Waals surface area contributed by atoms with Crippen LogP contribution < -0.4 is 5.32 Å². The van der Waals surface area contributed by atoms with Crippen molar-refractivity contribution in [3.05, 3.63) is 64.3 Å². The van der Waals surface area contributed by atoms with Gasteiger partial charge in [0.2, 0.25) is 11.8 Å². The molecule has 0 saturated carbocycles. The molecule has 1 amide bonds. The zero-order chi connectivity index (χ0) is 16.2. The summed E-state index contributed by atoms with van der Waals surface area (Å²) in [5.41, 5.74) is 1.50. The van der Waals surface area contributed by atoms with Gasteiger partial charge in [-0.1, -0.05) is 22.0 Å². The maximum atomic E-state index is 12.0. The summed E-state index contributed by atoms with van der Waals surface area (Å²) in [6.07, 6.45) is 1.75. The normalized spacial score (nSPS) is 10.7. The van der Waals surface area contributed by atoms with Crippen molar-refractivity contribution in [2.75, 3.05) is 0 Å². The van der Waals surface area contributed by atoms with Gasteiger partial charge in [-0.3, -0.25) is 4.79 Å². The molecule has 0 aliphatic heterocycles. The molecule has 2 aromatic heterocycles. The number of aryl methyl sites for hydroxylation is 1. The van der Waals surface area contributed by atoms with Gasteiger partial charge >= 0.3 is 0 Å². The average molecular weight is 375 g/mol. The number of hydrogen-bond donors (Lipinski definition) is 1. The number of nitrogens with zero attached hydrogens (tertiary/aromatic N) is 1. The van der Waals surface area contributed by atoms with Crippen molar-refractivity contribution >= 4 is 21.8 Å². The Kier molecular flexibility index (Phi) is 4.62. The maximum Gasteiger partial charge on any atom is 0.226 e. The molecule has 0 aliphatic carbocycles. The lowest BCUT2D eigenvalue weighted by molar-refractivity contribution is -0.120. The van der Waals surface area contributed by atoms with Gasteiger partial charge in [0, 0.05) is 10.0 Å². The standard InChI is InChI=1S/C17H15BrN2O3/c1-11-15(9-16(21)19-10-14-6-3-7-22-14)20-17(23-11)12-4-2-5-13(18)8-12/h2-8H,9-10H2,1H3,(H,19,21). The zero-order valence-electron chi connectivity index (χ0n) is 12.5. The van der Waals surface area contributed by atoms with Gasteiger partial charge in [0.15, 0.2) is 0 Å². The van der Waals surface area contributed by atoms with Crippen molar-refractivity contribution in [2.45, 2.75) is 19.9 Å². The summed E-state index contributed by atoms with van der Waals surface area (Å²) in [6.45, 7) is 2.17. The average Bonchev–Trinajstić information content (AvgIpc) is 3.16. The van der Waals surface area contributed by atoms with Gasteiger partial charge in [-0.05, 0) is 37.3 Å². The molecule has 3 rings (SSSR count). The quantitative estimate of drug-likeness (QED) is 0.735. The number of hydrogen-bond acceptors (Lipinski definition) is 4. The van der Waals surface area contributed by atoms with Crippen LogP contribution in [0.4, 0.5) is 0 Å². The number of furan rings is 1. The Morgan fingerprint density at radius 2 is 2.17 bits per heavy atom. The molecular formula is C17H15BrN2O3. The predicted molar refractivity (Wildman–Crippen MR) is 88.6 cm³/mol. The highest BCUT2D eigenvalue weighted by atomic mass is 79.9. The molecule has 118 valence electrons. The predicted octanol–water partition coefficient (Wildman–Crippen LogP) is 3.86. The van der Waals surface area contributed by atoms with Gasteiger partial charge in [0.1, 0.15) is 11.5 Å². The first kappa shape index (κ1) is 15.6. The third-order valence-corrected chi connectivity index (χ3v) is 3.83. The Morgan fingerprint density at radius 3 is 2.91 bits per heavy atom. The minimum absolute atomic E-state index is 0.126. The van der Waals surface area contributed by atoms with Crippen molar-refractivity contribution in [2.24, 2.45) is 0 Å². The summed E-state index contributed by atoms with van der Waals surface area (Å²) in [6, 6.07) is 11.3. The van der Waals surface area contributed by atoms with E-state index in [1.54, 1.807) is 12.3 Å². The summed E-state index contributed by atoms with van der Waals surface area (Å²) in [7, 11) is 0. The van der Waals surface area contributed by atoms with Crippen LogP contribution in [-0.2, 0) is 17.8 Å². The second kappa shape index (κ2) is 6.83. The lowest BCUT2D eigenvalue weighted by atomic mass is 10.2. The van der Waals surface area contributed by atoms with Crippen LogP contribution in [0.3, 0.4) is 0 Å². The van der Waals surface area contributed by atoms with Gasteiger partial charge in [-0.2, -0.15) is 0 Å². The summed E-state index contributed by atoms with van der Waals surface area (Å²) >= 11 is 3.42. The lowest BCUT2D eigenvalue weighted by Crippen LogP contribution is -2.24. The SMILES string of the molecule is Cc1oc(-c2cccc(Br)c2)nc1CC(=O)NCc1ccco1. The largest absolute Gasteiger partial charge is 0.467 e. The molecule has 0 atom stereocenters. The van der Waals surface area contributed by atoms with E-state index in [2.05, 4.69) is 26.2 Å². The topological polar surface area (TPSA) is 68.3 Å². The lowest BCUT2D eigenvalue weighted by Gasteiger charge is -2.01. The van der Waals surface area contributed by atoms with E-state index in [0.29, 0.717) is 29.6 Å². The number of amides is 1.